The lowest BCUT2D eigenvalue weighted by Gasteiger charge is -2.32. The molecule has 3 aromatic rings. The van der Waals surface area contributed by atoms with E-state index in [2.05, 4.69) is 20.2 Å². The zero-order chi connectivity index (χ0) is 20.5. The minimum Gasteiger partial charge on any atom is -0.457 e. The van der Waals surface area contributed by atoms with E-state index in [1.807, 2.05) is 59.5 Å². The van der Waals surface area contributed by atoms with Gasteiger partial charge in [-0.05, 0) is 49.4 Å². The van der Waals surface area contributed by atoms with Crippen molar-refractivity contribution in [2.24, 2.45) is 0 Å². The van der Waals surface area contributed by atoms with Crippen molar-refractivity contribution in [3.8, 4) is 11.5 Å². The number of anilines is 4. The Kier molecular flexibility index (Phi) is 4.68. The van der Waals surface area contributed by atoms with Gasteiger partial charge < -0.3 is 25.6 Å². The first kappa shape index (κ1) is 18.4. The maximum absolute atomic E-state index is 12.2. The van der Waals surface area contributed by atoms with E-state index < -0.39 is 6.17 Å². The fourth-order valence-corrected chi connectivity index (χ4v) is 4.16. The number of carbonyl (C=O) groups is 1. The van der Waals surface area contributed by atoms with E-state index in [1.165, 1.54) is 6.33 Å². The molecular weight excluding hydrogens is 380 g/mol. The summed E-state index contributed by atoms with van der Waals surface area (Å²) in [5.41, 5.74) is 7.72. The third-order valence-electron chi connectivity index (χ3n) is 5.51. The number of para-hydroxylation sites is 1. The van der Waals surface area contributed by atoms with Gasteiger partial charge in [-0.15, -0.1) is 0 Å². The Morgan fingerprint density at radius 3 is 2.53 bits per heavy atom. The number of benzene rings is 2. The molecule has 0 spiro atoms. The molecule has 2 aliphatic rings. The van der Waals surface area contributed by atoms with Crippen LogP contribution in [0.1, 0.15) is 6.42 Å². The average molecular weight is 402 g/mol. The molecular formula is C22H22N6O2. The molecule has 3 heterocycles. The topological polar surface area (TPSA) is 96.6 Å². The predicted octanol–water partition coefficient (Wildman–Crippen LogP) is 2.70. The molecule has 1 aromatic heterocycles. The molecule has 5 rings (SSSR count). The molecule has 1 unspecified atom stereocenters. The van der Waals surface area contributed by atoms with Gasteiger partial charge in [0.05, 0.1) is 0 Å². The lowest BCUT2D eigenvalue weighted by atomic mass is 10.2. The van der Waals surface area contributed by atoms with Crippen molar-refractivity contribution >= 4 is 29.3 Å². The van der Waals surface area contributed by atoms with Gasteiger partial charge in [-0.25, -0.2) is 9.97 Å². The van der Waals surface area contributed by atoms with Crippen LogP contribution in [0.4, 0.5) is 23.0 Å². The van der Waals surface area contributed by atoms with Crippen LogP contribution in [0.3, 0.4) is 0 Å². The zero-order valence-electron chi connectivity index (χ0n) is 16.3. The summed E-state index contributed by atoms with van der Waals surface area (Å²) in [7, 11) is 0. The van der Waals surface area contributed by atoms with E-state index in [0.717, 1.165) is 37.2 Å². The first-order valence-corrected chi connectivity index (χ1v) is 9.93. The first-order valence-electron chi connectivity index (χ1n) is 9.93. The van der Waals surface area contributed by atoms with Crippen LogP contribution in [0.25, 0.3) is 0 Å². The SMILES string of the molecule is Nc1ncnc2c1N(c1ccc(Oc3ccccc3)cc1)C(C=O)N2[C@@H]1CCNC1. The predicted molar refractivity (Wildman–Crippen MR) is 115 cm³/mol. The summed E-state index contributed by atoms with van der Waals surface area (Å²) in [4.78, 5) is 24.8. The van der Waals surface area contributed by atoms with E-state index >= 15 is 0 Å². The van der Waals surface area contributed by atoms with E-state index in [0.29, 0.717) is 23.1 Å². The molecule has 0 amide bonds. The van der Waals surface area contributed by atoms with Crippen LogP contribution in [-0.4, -0.2) is 41.6 Å². The number of aromatic nitrogens is 2. The molecule has 152 valence electrons. The van der Waals surface area contributed by atoms with Crippen molar-refractivity contribution in [2.75, 3.05) is 28.6 Å². The second kappa shape index (κ2) is 7.64. The number of carbonyl (C=O) groups excluding carboxylic acids is 1. The molecule has 8 heteroatoms. The number of ether oxygens (including phenoxy) is 1. The molecule has 0 bridgehead atoms. The Bertz CT molecular complexity index is 1040. The van der Waals surface area contributed by atoms with Gasteiger partial charge in [0.15, 0.2) is 24.1 Å². The molecule has 8 nitrogen and oxygen atoms in total. The second-order valence-electron chi connectivity index (χ2n) is 7.31. The van der Waals surface area contributed by atoms with Crippen molar-refractivity contribution in [1.29, 1.82) is 0 Å². The van der Waals surface area contributed by atoms with Crippen LogP contribution >= 0.6 is 0 Å². The van der Waals surface area contributed by atoms with Gasteiger partial charge in [-0.2, -0.15) is 0 Å². The second-order valence-corrected chi connectivity index (χ2v) is 7.31. The lowest BCUT2D eigenvalue weighted by Crippen LogP contribution is -2.48. The van der Waals surface area contributed by atoms with E-state index in [9.17, 15) is 4.79 Å². The molecule has 0 aliphatic carbocycles. The molecule has 0 radical (unpaired) electrons. The Hall–Kier alpha value is -3.65. The van der Waals surface area contributed by atoms with Crippen molar-refractivity contribution < 1.29 is 9.53 Å². The number of nitrogen functional groups attached to an aromatic ring is 1. The molecule has 3 N–H and O–H groups in total. The Morgan fingerprint density at radius 2 is 1.83 bits per heavy atom. The summed E-state index contributed by atoms with van der Waals surface area (Å²) in [5, 5.41) is 3.36. The van der Waals surface area contributed by atoms with Gasteiger partial charge in [-0.1, -0.05) is 18.2 Å². The van der Waals surface area contributed by atoms with Crippen LogP contribution in [0.15, 0.2) is 60.9 Å². The fourth-order valence-electron chi connectivity index (χ4n) is 4.16. The summed E-state index contributed by atoms with van der Waals surface area (Å²) >= 11 is 0. The highest BCUT2D eigenvalue weighted by Gasteiger charge is 2.43. The van der Waals surface area contributed by atoms with Crippen molar-refractivity contribution in [3.05, 3.63) is 60.9 Å². The molecule has 2 aromatic carbocycles. The molecule has 30 heavy (non-hydrogen) atoms. The number of nitrogens with two attached hydrogens (primary N) is 1. The van der Waals surface area contributed by atoms with Gasteiger partial charge in [0, 0.05) is 18.3 Å². The quantitative estimate of drug-likeness (QED) is 0.629. The van der Waals surface area contributed by atoms with Crippen LogP contribution < -0.4 is 25.6 Å². The summed E-state index contributed by atoms with van der Waals surface area (Å²) < 4.78 is 5.89. The lowest BCUT2D eigenvalue weighted by molar-refractivity contribution is -0.108. The third kappa shape index (κ3) is 3.11. The number of nitrogens with one attached hydrogen (secondary N) is 1. The summed E-state index contributed by atoms with van der Waals surface area (Å²) in [5.74, 6) is 2.52. The maximum Gasteiger partial charge on any atom is 0.165 e. The van der Waals surface area contributed by atoms with E-state index in [4.69, 9.17) is 10.5 Å². The van der Waals surface area contributed by atoms with Crippen molar-refractivity contribution in [1.82, 2.24) is 15.3 Å². The number of nitrogens with zero attached hydrogens (tertiary/aromatic N) is 4. The Morgan fingerprint density at radius 1 is 1.07 bits per heavy atom. The molecule has 0 saturated carbocycles. The largest absolute Gasteiger partial charge is 0.457 e. The minimum atomic E-state index is -0.537. The van der Waals surface area contributed by atoms with Crippen LogP contribution in [-0.2, 0) is 4.79 Å². The molecule has 2 atom stereocenters. The van der Waals surface area contributed by atoms with Crippen LogP contribution in [0.5, 0.6) is 11.5 Å². The van der Waals surface area contributed by atoms with Crippen molar-refractivity contribution in [2.45, 2.75) is 18.6 Å². The summed E-state index contributed by atoms with van der Waals surface area (Å²) in [6, 6.07) is 17.4. The maximum atomic E-state index is 12.2. The van der Waals surface area contributed by atoms with Gasteiger partial charge in [0.1, 0.15) is 23.5 Å². The normalized spacial score (nSPS) is 20.3. The highest BCUT2D eigenvalue weighted by molar-refractivity contribution is 5.94. The molecule has 2 aliphatic heterocycles. The number of rotatable bonds is 5. The number of hydrogen-bond donors (Lipinski definition) is 2. The molecule has 1 saturated heterocycles. The van der Waals surface area contributed by atoms with Gasteiger partial charge >= 0.3 is 0 Å². The Labute approximate surface area is 174 Å². The molecule has 1 fully saturated rings. The zero-order valence-corrected chi connectivity index (χ0v) is 16.3. The number of fused-ring (bicyclic) bond motifs is 1. The standard InChI is InChI=1S/C22H22N6O2/c23-21-20-22(26-14-25-21)28(16-10-11-24-12-16)19(13-29)27(20)15-6-8-18(9-7-15)30-17-4-2-1-3-5-17/h1-9,13-14,16,19,24H,10-12H2,(H2,23,25,26)/t16-,19?/m1/s1. The summed E-state index contributed by atoms with van der Waals surface area (Å²) in [6.07, 6.45) is 2.79. The minimum absolute atomic E-state index is 0.166. The van der Waals surface area contributed by atoms with E-state index in [-0.39, 0.29) is 6.04 Å². The monoisotopic (exact) mass is 402 g/mol. The van der Waals surface area contributed by atoms with Gasteiger partial charge in [-0.3, -0.25) is 4.79 Å². The third-order valence-corrected chi connectivity index (χ3v) is 5.51. The highest BCUT2D eigenvalue weighted by atomic mass is 16.5. The highest BCUT2D eigenvalue weighted by Crippen LogP contribution is 2.46. The van der Waals surface area contributed by atoms with Gasteiger partial charge in [0.25, 0.3) is 0 Å². The van der Waals surface area contributed by atoms with E-state index in [1.54, 1.807) is 0 Å². The van der Waals surface area contributed by atoms with Crippen molar-refractivity contribution in [3.63, 3.8) is 0 Å². The first-order chi connectivity index (χ1) is 14.8. The average Bonchev–Trinajstić information content (AvgIpc) is 3.41. The van der Waals surface area contributed by atoms with Crippen LogP contribution in [0.2, 0.25) is 0 Å². The van der Waals surface area contributed by atoms with Crippen LogP contribution in [0, 0.1) is 0 Å². The Balaban J connectivity index is 1.50. The number of hydrogen-bond acceptors (Lipinski definition) is 8. The fraction of sp³-hybridized carbons (Fsp3) is 0.227. The number of aldehydes is 1. The summed E-state index contributed by atoms with van der Waals surface area (Å²) in [6.45, 7) is 1.71. The smallest absolute Gasteiger partial charge is 0.165 e. The van der Waals surface area contributed by atoms with Gasteiger partial charge in [0.2, 0.25) is 0 Å².